The topological polar surface area (TPSA) is 116 Å². The molecule has 41 heavy (non-hydrogen) atoms. The van der Waals surface area contributed by atoms with Crippen molar-refractivity contribution in [3.8, 4) is 17.2 Å². The standard InChI is InChI=1S/C31H31N5O5/c1-18-9-11-20(12-10-18)34-30(37)24-17-32-36-27(23-7-6-8-25(40-4)28(23)41-5)26(19(2)33-29(24)36)31(38)35-21-13-15-22(39-3)16-14-21/h6-17,27,33H,1-5H3,(H,34,37)(H,35,38). The monoisotopic (exact) mass is 553 g/mol. The van der Waals surface area contributed by atoms with E-state index in [9.17, 15) is 9.59 Å². The highest BCUT2D eigenvalue weighted by Gasteiger charge is 2.37. The third-order valence-electron chi connectivity index (χ3n) is 6.90. The third-order valence-corrected chi connectivity index (χ3v) is 6.90. The Balaban J connectivity index is 1.58. The fourth-order valence-corrected chi connectivity index (χ4v) is 4.84. The Morgan fingerprint density at radius 2 is 1.49 bits per heavy atom. The van der Waals surface area contributed by atoms with Gasteiger partial charge in [0.15, 0.2) is 11.5 Å². The summed E-state index contributed by atoms with van der Waals surface area (Å²) >= 11 is 0. The molecule has 3 N–H and O–H groups in total. The van der Waals surface area contributed by atoms with Crippen molar-refractivity contribution in [2.45, 2.75) is 19.9 Å². The molecule has 0 spiro atoms. The molecule has 0 fully saturated rings. The van der Waals surface area contributed by atoms with E-state index < -0.39 is 6.04 Å². The number of aromatic nitrogens is 2. The Hall–Kier alpha value is -5.25. The molecule has 1 aliphatic heterocycles. The van der Waals surface area contributed by atoms with Gasteiger partial charge in [0, 0.05) is 22.6 Å². The lowest BCUT2D eigenvalue weighted by atomic mass is 9.93. The van der Waals surface area contributed by atoms with Gasteiger partial charge in [-0.2, -0.15) is 5.10 Å². The van der Waals surface area contributed by atoms with E-state index in [2.05, 4.69) is 21.0 Å². The van der Waals surface area contributed by atoms with E-state index in [0.717, 1.165) is 5.56 Å². The zero-order chi connectivity index (χ0) is 29.1. The summed E-state index contributed by atoms with van der Waals surface area (Å²) in [6.45, 7) is 3.77. The van der Waals surface area contributed by atoms with E-state index in [1.54, 1.807) is 63.3 Å². The van der Waals surface area contributed by atoms with Crippen molar-refractivity contribution in [2.75, 3.05) is 37.3 Å². The van der Waals surface area contributed by atoms with Crippen LogP contribution in [0.25, 0.3) is 0 Å². The maximum atomic E-state index is 13.9. The minimum atomic E-state index is -0.740. The second-order valence-electron chi connectivity index (χ2n) is 9.50. The van der Waals surface area contributed by atoms with Crippen molar-refractivity contribution in [1.29, 1.82) is 0 Å². The number of aryl methyl sites for hydroxylation is 1. The first kappa shape index (κ1) is 27.3. The van der Waals surface area contributed by atoms with Crippen molar-refractivity contribution < 1.29 is 23.8 Å². The molecule has 0 bridgehead atoms. The first-order valence-electron chi connectivity index (χ1n) is 12.9. The Kier molecular flexibility index (Phi) is 7.64. The quantitative estimate of drug-likeness (QED) is 0.268. The first-order chi connectivity index (χ1) is 19.8. The van der Waals surface area contributed by atoms with Gasteiger partial charge in [-0.25, -0.2) is 4.68 Å². The maximum Gasteiger partial charge on any atom is 0.261 e. The number of ether oxygens (including phenoxy) is 3. The second-order valence-corrected chi connectivity index (χ2v) is 9.50. The maximum absolute atomic E-state index is 13.9. The molecule has 2 amide bonds. The predicted octanol–water partition coefficient (Wildman–Crippen LogP) is 5.40. The predicted molar refractivity (Wildman–Crippen MR) is 157 cm³/mol. The summed E-state index contributed by atoms with van der Waals surface area (Å²) in [6.07, 6.45) is 1.49. The highest BCUT2D eigenvalue weighted by atomic mass is 16.5. The summed E-state index contributed by atoms with van der Waals surface area (Å²) in [4.78, 5) is 27.2. The molecule has 0 saturated carbocycles. The SMILES string of the molecule is COc1ccc(NC(=O)C2=C(C)Nc3c(C(=O)Nc4ccc(C)cc4)cnn3C2c2cccc(OC)c2OC)cc1. The van der Waals surface area contributed by atoms with Gasteiger partial charge in [0.25, 0.3) is 11.8 Å². The van der Waals surface area contributed by atoms with Crippen LogP contribution in [0.2, 0.25) is 0 Å². The molecule has 10 nitrogen and oxygen atoms in total. The van der Waals surface area contributed by atoms with Crippen molar-refractivity contribution in [3.63, 3.8) is 0 Å². The lowest BCUT2D eigenvalue weighted by Crippen LogP contribution is -2.32. The lowest BCUT2D eigenvalue weighted by molar-refractivity contribution is -0.113. The molecule has 1 aromatic heterocycles. The van der Waals surface area contributed by atoms with Crippen LogP contribution in [0.15, 0.2) is 84.2 Å². The molecule has 0 radical (unpaired) electrons. The normalized spacial score (nSPS) is 14.0. The van der Waals surface area contributed by atoms with Crippen molar-refractivity contribution in [1.82, 2.24) is 9.78 Å². The molecule has 1 atom stereocenters. The smallest absolute Gasteiger partial charge is 0.261 e. The Labute approximate surface area is 237 Å². The number of nitrogens with zero attached hydrogens (tertiary/aromatic N) is 2. The molecule has 0 saturated heterocycles. The molecule has 10 heteroatoms. The zero-order valence-corrected chi connectivity index (χ0v) is 23.4. The molecule has 1 aliphatic rings. The number of fused-ring (bicyclic) bond motifs is 1. The number of nitrogens with one attached hydrogen (secondary N) is 3. The molecule has 0 aliphatic carbocycles. The van der Waals surface area contributed by atoms with Crippen molar-refractivity contribution in [2.24, 2.45) is 0 Å². The van der Waals surface area contributed by atoms with Crippen LogP contribution in [0.5, 0.6) is 17.2 Å². The van der Waals surface area contributed by atoms with E-state index in [4.69, 9.17) is 14.2 Å². The van der Waals surface area contributed by atoms with E-state index in [1.165, 1.54) is 6.20 Å². The number of benzene rings is 3. The number of carbonyl (C=O) groups is 2. The summed E-state index contributed by atoms with van der Waals surface area (Å²) in [5.41, 5.74) is 4.26. The van der Waals surface area contributed by atoms with Gasteiger partial charge in [-0.1, -0.05) is 29.8 Å². The molecule has 4 aromatic rings. The van der Waals surface area contributed by atoms with Gasteiger partial charge in [-0.3, -0.25) is 9.59 Å². The van der Waals surface area contributed by atoms with Gasteiger partial charge < -0.3 is 30.2 Å². The summed E-state index contributed by atoms with van der Waals surface area (Å²) in [5.74, 6) is 1.40. The summed E-state index contributed by atoms with van der Waals surface area (Å²) in [6, 6.07) is 19.3. The number of amides is 2. The number of anilines is 3. The summed E-state index contributed by atoms with van der Waals surface area (Å²) in [5, 5.41) is 13.7. The van der Waals surface area contributed by atoms with Crippen LogP contribution in [-0.4, -0.2) is 42.9 Å². The number of para-hydroxylation sites is 1. The van der Waals surface area contributed by atoms with E-state index in [1.807, 2.05) is 43.3 Å². The first-order valence-corrected chi connectivity index (χ1v) is 12.9. The highest BCUT2D eigenvalue weighted by molar-refractivity contribution is 6.09. The van der Waals surface area contributed by atoms with Gasteiger partial charge in [0.05, 0.1) is 33.1 Å². The van der Waals surface area contributed by atoms with Gasteiger partial charge in [0.2, 0.25) is 0 Å². The molecule has 5 rings (SSSR count). The van der Waals surface area contributed by atoms with E-state index in [-0.39, 0.29) is 11.8 Å². The van der Waals surface area contributed by atoms with Crippen molar-refractivity contribution in [3.05, 3.63) is 101 Å². The fraction of sp³-hybridized carbons (Fsp3) is 0.194. The Morgan fingerprint density at radius 1 is 0.829 bits per heavy atom. The minimum absolute atomic E-state index is 0.325. The van der Waals surface area contributed by atoms with Gasteiger partial charge in [-0.05, 0) is 56.3 Å². The van der Waals surface area contributed by atoms with Gasteiger partial charge in [0.1, 0.15) is 23.2 Å². The van der Waals surface area contributed by atoms with Gasteiger partial charge in [-0.15, -0.1) is 0 Å². The minimum Gasteiger partial charge on any atom is -0.497 e. The molecular weight excluding hydrogens is 522 g/mol. The number of methoxy groups -OCH3 is 3. The molecule has 210 valence electrons. The van der Waals surface area contributed by atoms with Crippen LogP contribution < -0.4 is 30.2 Å². The van der Waals surface area contributed by atoms with Gasteiger partial charge >= 0.3 is 0 Å². The van der Waals surface area contributed by atoms with Crippen LogP contribution in [0, 0.1) is 6.92 Å². The Bertz CT molecular complexity index is 1620. The second kappa shape index (κ2) is 11.5. The van der Waals surface area contributed by atoms with Crippen LogP contribution in [0.1, 0.15) is 34.5 Å². The van der Waals surface area contributed by atoms with E-state index >= 15 is 0 Å². The van der Waals surface area contributed by atoms with Crippen LogP contribution in [0.4, 0.5) is 17.2 Å². The van der Waals surface area contributed by atoms with Crippen LogP contribution in [0.3, 0.4) is 0 Å². The summed E-state index contributed by atoms with van der Waals surface area (Å²) < 4.78 is 18.2. The van der Waals surface area contributed by atoms with Crippen LogP contribution in [-0.2, 0) is 4.79 Å². The number of allylic oxidation sites excluding steroid dienone is 1. The third kappa shape index (κ3) is 5.31. The Morgan fingerprint density at radius 3 is 2.12 bits per heavy atom. The van der Waals surface area contributed by atoms with Crippen molar-refractivity contribution >= 4 is 29.0 Å². The van der Waals surface area contributed by atoms with E-state index in [0.29, 0.717) is 56.8 Å². The number of rotatable bonds is 8. The molecular formula is C31H31N5O5. The molecule has 2 heterocycles. The zero-order valence-electron chi connectivity index (χ0n) is 23.4. The number of hydrogen-bond donors (Lipinski definition) is 3. The fourth-order valence-electron chi connectivity index (χ4n) is 4.84. The van der Waals surface area contributed by atoms with Crippen LogP contribution >= 0.6 is 0 Å². The number of hydrogen-bond acceptors (Lipinski definition) is 7. The summed E-state index contributed by atoms with van der Waals surface area (Å²) in [7, 11) is 4.67. The largest absolute Gasteiger partial charge is 0.497 e. The average Bonchev–Trinajstić information content (AvgIpc) is 3.41. The number of carbonyl (C=O) groups excluding carboxylic acids is 2. The lowest BCUT2D eigenvalue weighted by Gasteiger charge is -2.31. The molecule has 1 unspecified atom stereocenters. The molecule has 3 aromatic carbocycles. The average molecular weight is 554 g/mol. The highest BCUT2D eigenvalue weighted by Crippen LogP contribution is 2.44.